The molecule has 1 rings (SSSR count). The molecular weight excluding hydrogens is 207 g/mol. The summed E-state index contributed by atoms with van der Waals surface area (Å²) >= 11 is 11.5. The Morgan fingerprint density at radius 2 is 1.62 bits per heavy atom. The molecule has 0 bridgehead atoms. The van der Waals surface area contributed by atoms with E-state index in [1.807, 2.05) is 0 Å². The molecule has 1 aromatic rings. The molecule has 0 aliphatic rings. The molecule has 1 heterocycles. The van der Waals surface area contributed by atoms with Crippen LogP contribution in [-0.2, 0) is 6.42 Å². The van der Waals surface area contributed by atoms with Gasteiger partial charge in [0.25, 0.3) is 0 Å². The van der Waals surface area contributed by atoms with E-state index in [0.717, 1.165) is 6.42 Å². The minimum Gasteiger partial charge on any atom is -0.221 e. The number of hydrogen-bond acceptors (Lipinski definition) is 2. The van der Waals surface area contributed by atoms with Crippen LogP contribution in [0, 0.1) is 5.41 Å². The molecule has 13 heavy (non-hydrogen) atoms. The summed E-state index contributed by atoms with van der Waals surface area (Å²) in [5, 5.41) is 0.804. The van der Waals surface area contributed by atoms with Gasteiger partial charge in [-0.1, -0.05) is 44.0 Å². The van der Waals surface area contributed by atoms with Crippen molar-refractivity contribution in [1.29, 1.82) is 0 Å². The average molecular weight is 219 g/mol. The second-order valence-corrected chi connectivity index (χ2v) is 4.94. The number of rotatable bonds is 1. The van der Waals surface area contributed by atoms with Crippen molar-refractivity contribution < 1.29 is 0 Å². The molecule has 0 unspecified atom stereocenters. The van der Waals surface area contributed by atoms with Gasteiger partial charge in [0.2, 0.25) is 0 Å². The zero-order valence-electron chi connectivity index (χ0n) is 7.93. The van der Waals surface area contributed by atoms with Gasteiger partial charge in [-0.3, -0.25) is 0 Å². The van der Waals surface area contributed by atoms with Crippen molar-refractivity contribution in [1.82, 2.24) is 9.97 Å². The molecule has 0 amide bonds. The van der Waals surface area contributed by atoms with Crippen molar-refractivity contribution in [3.63, 3.8) is 0 Å². The van der Waals surface area contributed by atoms with E-state index in [2.05, 4.69) is 30.7 Å². The first-order valence-corrected chi connectivity index (χ1v) is 4.81. The highest BCUT2D eigenvalue weighted by atomic mass is 35.5. The van der Waals surface area contributed by atoms with Crippen LogP contribution in [0.3, 0.4) is 0 Å². The van der Waals surface area contributed by atoms with Crippen molar-refractivity contribution in [3.05, 3.63) is 22.2 Å². The van der Waals surface area contributed by atoms with Gasteiger partial charge in [0.05, 0.1) is 0 Å². The summed E-state index contributed by atoms with van der Waals surface area (Å²) in [4.78, 5) is 8.18. The smallest absolute Gasteiger partial charge is 0.134 e. The fourth-order valence-corrected chi connectivity index (χ4v) is 1.45. The second-order valence-electron chi connectivity index (χ2n) is 4.17. The van der Waals surface area contributed by atoms with Gasteiger partial charge >= 0.3 is 0 Å². The topological polar surface area (TPSA) is 25.8 Å². The lowest BCUT2D eigenvalue weighted by atomic mass is 9.92. The summed E-state index contributed by atoms with van der Waals surface area (Å²) in [5.41, 5.74) is 0.147. The highest BCUT2D eigenvalue weighted by Gasteiger charge is 2.14. The molecule has 0 aliphatic carbocycles. The van der Waals surface area contributed by atoms with Gasteiger partial charge in [-0.15, -0.1) is 0 Å². The molecule has 0 atom stereocenters. The number of aromatic nitrogens is 2. The predicted molar refractivity (Wildman–Crippen MR) is 55.2 cm³/mol. The summed E-state index contributed by atoms with van der Waals surface area (Å²) in [6.07, 6.45) is 0.771. The van der Waals surface area contributed by atoms with E-state index in [-0.39, 0.29) is 5.41 Å². The molecule has 0 saturated heterocycles. The van der Waals surface area contributed by atoms with Crippen LogP contribution in [0.2, 0.25) is 10.3 Å². The first-order chi connectivity index (χ1) is 5.87. The third kappa shape index (κ3) is 3.92. The lowest BCUT2D eigenvalue weighted by molar-refractivity contribution is 0.400. The highest BCUT2D eigenvalue weighted by molar-refractivity contribution is 6.33. The van der Waals surface area contributed by atoms with Gasteiger partial charge < -0.3 is 0 Å². The molecule has 1 aromatic heterocycles. The van der Waals surface area contributed by atoms with E-state index < -0.39 is 0 Å². The van der Waals surface area contributed by atoms with Crippen LogP contribution in [0.5, 0.6) is 0 Å². The average Bonchev–Trinajstić information content (AvgIpc) is 1.78. The molecule has 0 aliphatic heterocycles. The highest BCUT2D eigenvalue weighted by Crippen LogP contribution is 2.20. The van der Waals surface area contributed by atoms with Gasteiger partial charge in [-0.25, -0.2) is 9.97 Å². The minimum atomic E-state index is 0.147. The standard InChI is InChI=1S/C9H12Cl2N2/c1-9(2,3)5-8-12-6(10)4-7(11)13-8/h4H,5H2,1-3H3. The van der Waals surface area contributed by atoms with E-state index in [4.69, 9.17) is 23.2 Å². The summed E-state index contributed by atoms with van der Waals surface area (Å²) in [6, 6.07) is 1.54. The lowest BCUT2D eigenvalue weighted by Crippen LogP contribution is -2.12. The fourth-order valence-electron chi connectivity index (χ4n) is 0.988. The van der Waals surface area contributed by atoms with E-state index in [0.29, 0.717) is 16.1 Å². The maximum atomic E-state index is 5.74. The third-order valence-electron chi connectivity index (χ3n) is 1.40. The van der Waals surface area contributed by atoms with Crippen molar-refractivity contribution >= 4 is 23.2 Å². The largest absolute Gasteiger partial charge is 0.221 e. The number of nitrogens with zero attached hydrogens (tertiary/aromatic N) is 2. The summed E-state index contributed by atoms with van der Waals surface area (Å²) in [5.74, 6) is 0.699. The van der Waals surface area contributed by atoms with Crippen LogP contribution in [0.4, 0.5) is 0 Å². The first kappa shape index (κ1) is 10.7. The number of hydrogen-bond donors (Lipinski definition) is 0. The Kier molecular flexibility index (Phi) is 3.14. The Labute approximate surface area is 88.3 Å². The Morgan fingerprint density at radius 1 is 1.15 bits per heavy atom. The van der Waals surface area contributed by atoms with Crippen LogP contribution in [-0.4, -0.2) is 9.97 Å². The Balaban J connectivity index is 2.90. The van der Waals surface area contributed by atoms with Gasteiger partial charge in [-0.05, 0) is 5.41 Å². The molecule has 72 valence electrons. The zero-order valence-corrected chi connectivity index (χ0v) is 9.45. The number of halogens is 2. The van der Waals surface area contributed by atoms with E-state index in [1.54, 1.807) is 0 Å². The lowest BCUT2D eigenvalue weighted by Gasteiger charge is -2.16. The molecule has 0 saturated carbocycles. The van der Waals surface area contributed by atoms with Gasteiger partial charge in [-0.2, -0.15) is 0 Å². The van der Waals surface area contributed by atoms with Crippen molar-refractivity contribution in [2.45, 2.75) is 27.2 Å². The maximum absolute atomic E-state index is 5.74. The third-order valence-corrected chi connectivity index (χ3v) is 1.79. The van der Waals surface area contributed by atoms with Crippen LogP contribution < -0.4 is 0 Å². The monoisotopic (exact) mass is 218 g/mol. The van der Waals surface area contributed by atoms with Gasteiger partial charge in [0, 0.05) is 12.5 Å². The van der Waals surface area contributed by atoms with E-state index >= 15 is 0 Å². The van der Waals surface area contributed by atoms with Crippen LogP contribution in [0.25, 0.3) is 0 Å². The second kappa shape index (κ2) is 3.81. The normalized spacial score (nSPS) is 11.8. The molecule has 0 aromatic carbocycles. The van der Waals surface area contributed by atoms with Crippen molar-refractivity contribution in [3.8, 4) is 0 Å². The van der Waals surface area contributed by atoms with Crippen LogP contribution in [0.1, 0.15) is 26.6 Å². The summed E-state index contributed by atoms with van der Waals surface area (Å²) in [6.45, 7) is 6.35. The molecule has 0 fully saturated rings. The Morgan fingerprint density at radius 3 is 2.00 bits per heavy atom. The Bertz CT molecular complexity index is 285. The van der Waals surface area contributed by atoms with Crippen molar-refractivity contribution in [2.24, 2.45) is 5.41 Å². The van der Waals surface area contributed by atoms with Gasteiger partial charge in [0.15, 0.2) is 0 Å². The predicted octanol–water partition coefficient (Wildman–Crippen LogP) is 3.37. The van der Waals surface area contributed by atoms with Crippen molar-refractivity contribution in [2.75, 3.05) is 0 Å². The molecule has 0 radical (unpaired) electrons. The molecular formula is C9H12Cl2N2. The van der Waals surface area contributed by atoms with Crippen LogP contribution >= 0.6 is 23.2 Å². The quantitative estimate of drug-likeness (QED) is 0.676. The van der Waals surface area contributed by atoms with E-state index in [1.165, 1.54) is 6.07 Å². The summed E-state index contributed by atoms with van der Waals surface area (Å²) in [7, 11) is 0. The SMILES string of the molecule is CC(C)(C)Cc1nc(Cl)cc(Cl)n1. The molecule has 0 N–H and O–H groups in total. The van der Waals surface area contributed by atoms with E-state index in [9.17, 15) is 0 Å². The van der Waals surface area contributed by atoms with Crippen LogP contribution in [0.15, 0.2) is 6.07 Å². The Hall–Kier alpha value is -0.340. The first-order valence-electron chi connectivity index (χ1n) is 4.06. The zero-order chi connectivity index (χ0) is 10.1. The molecule has 4 heteroatoms. The maximum Gasteiger partial charge on any atom is 0.134 e. The fraction of sp³-hybridized carbons (Fsp3) is 0.556. The summed E-state index contributed by atoms with van der Waals surface area (Å²) < 4.78 is 0. The molecule has 2 nitrogen and oxygen atoms in total. The minimum absolute atomic E-state index is 0.147. The van der Waals surface area contributed by atoms with Gasteiger partial charge in [0.1, 0.15) is 16.1 Å². The molecule has 0 spiro atoms.